The molecule has 0 aliphatic heterocycles. The second kappa shape index (κ2) is 7.71. The minimum absolute atomic E-state index is 0.229. The molecule has 0 unspecified atom stereocenters. The molecule has 1 aromatic rings. The van der Waals surface area contributed by atoms with Crippen LogP contribution >= 0.6 is 0 Å². The molecule has 4 nitrogen and oxygen atoms in total. The molecule has 0 bridgehead atoms. The fourth-order valence-electron chi connectivity index (χ4n) is 2.05. The molecule has 1 N–H and O–H groups in total. The summed E-state index contributed by atoms with van der Waals surface area (Å²) in [6, 6.07) is 4.23. The SMILES string of the molecule is CCCN(CCC)S(=O)(=O)c1cc(CNC)ccc1F. The highest BCUT2D eigenvalue weighted by molar-refractivity contribution is 7.89. The molecule has 0 atom stereocenters. The molecular weight excluding hydrogens is 279 g/mol. The molecule has 0 amide bonds. The number of rotatable bonds is 8. The second-order valence-electron chi connectivity index (χ2n) is 4.70. The van der Waals surface area contributed by atoms with Crippen molar-refractivity contribution >= 4 is 10.0 Å². The lowest BCUT2D eigenvalue weighted by Gasteiger charge is -2.21. The third kappa shape index (κ3) is 4.01. The first kappa shape index (κ1) is 17.1. The second-order valence-corrected chi connectivity index (χ2v) is 6.61. The average molecular weight is 302 g/mol. The van der Waals surface area contributed by atoms with E-state index in [-0.39, 0.29) is 4.90 Å². The van der Waals surface area contributed by atoms with Gasteiger partial charge in [-0.05, 0) is 37.6 Å². The fraction of sp³-hybridized carbons (Fsp3) is 0.571. The summed E-state index contributed by atoms with van der Waals surface area (Å²) in [5, 5.41) is 2.93. The lowest BCUT2D eigenvalue weighted by atomic mass is 10.2. The Hall–Kier alpha value is -0.980. The Morgan fingerprint density at radius 1 is 1.20 bits per heavy atom. The third-order valence-corrected chi connectivity index (χ3v) is 4.85. The first-order valence-electron chi connectivity index (χ1n) is 6.90. The van der Waals surface area contributed by atoms with Crippen molar-refractivity contribution in [1.82, 2.24) is 9.62 Å². The van der Waals surface area contributed by atoms with Crippen molar-refractivity contribution in [1.29, 1.82) is 0 Å². The van der Waals surface area contributed by atoms with Crippen LogP contribution in [0.4, 0.5) is 4.39 Å². The Labute approximate surface area is 121 Å². The minimum atomic E-state index is -3.77. The van der Waals surface area contributed by atoms with E-state index in [1.54, 1.807) is 13.1 Å². The van der Waals surface area contributed by atoms with Gasteiger partial charge in [-0.15, -0.1) is 0 Å². The van der Waals surface area contributed by atoms with Crippen LogP contribution in [0.25, 0.3) is 0 Å². The van der Waals surface area contributed by atoms with Crippen molar-refractivity contribution in [3.63, 3.8) is 0 Å². The zero-order valence-electron chi connectivity index (χ0n) is 12.3. The van der Waals surface area contributed by atoms with Crippen LogP contribution in [0.1, 0.15) is 32.3 Å². The van der Waals surface area contributed by atoms with Gasteiger partial charge in [-0.1, -0.05) is 19.9 Å². The third-order valence-electron chi connectivity index (χ3n) is 2.94. The molecule has 0 aliphatic carbocycles. The first-order valence-corrected chi connectivity index (χ1v) is 8.34. The predicted octanol–water partition coefficient (Wildman–Crippen LogP) is 2.36. The molecule has 1 aromatic carbocycles. The van der Waals surface area contributed by atoms with Gasteiger partial charge in [-0.2, -0.15) is 4.31 Å². The summed E-state index contributed by atoms with van der Waals surface area (Å²) in [6.07, 6.45) is 1.41. The zero-order chi connectivity index (χ0) is 15.2. The van der Waals surface area contributed by atoms with E-state index in [4.69, 9.17) is 0 Å². The van der Waals surface area contributed by atoms with E-state index >= 15 is 0 Å². The van der Waals surface area contributed by atoms with E-state index < -0.39 is 15.8 Å². The monoisotopic (exact) mass is 302 g/mol. The van der Waals surface area contributed by atoms with Crippen LogP contribution in [0, 0.1) is 5.82 Å². The van der Waals surface area contributed by atoms with Gasteiger partial charge in [0, 0.05) is 19.6 Å². The summed E-state index contributed by atoms with van der Waals surface area (Å²) in [6.45, 7) is 5.14. The summed E-state index contributed by atoms with van der Waals surface area (Å²) in [5.74, 6) is -0.693. The molecular formula is C14H23FN2O2S. The average Bonchev–Trinajstić information content (AvgIpc) is 2.41. The predicted molar refractivity (Wildman–Crippen MR) is 78.5 cm³/mol. The maximum atomic E-state index is 13.9. The minimum Gasteiger partial charge on any atom is -0.316 e. The largest absolute Gasteiger partial charge is 0.316 e. The van der Waals surface area contributed by atoms with Gasteiger partial charge in [0.25, 0.3) is 0 Å². The van der Waals surface area contributed by atoms with Gasteiger partial charge in [0.2, 0.25) is 10.0 Å². The van der Waals surface area contributed by atoms with Crippen LogP contribution in [-0.4, -0.2) is 32.9 Å². The fourth-order valence-corrected chi connectivity index (χ4v) is 3.79. The van der Waals surface area contributed by atoms with E-state index in [0.717, 1.165) is 5.56 Å². The van der Waals surface area contributed by atoms with Crippen LogP contribution < -0.4 is 5.32 Å². The van der Waals surface area contributed by atoms with Gasteiger partial charge in [0.05, 0.1) is 0 Å². The number of hydrogen-bond acceptors (Lipinski definition) is 3. The lowest BCUT2D eigenvalue weighted by Crippen LogP contribution is -2.33. The number of nitrogens with zero attached hydrogens (tertiary/aromatic N) is 1. The molecule has 0 saturated heterocycles. The molecule has 0 aliphatic rings. The van der Waals surface area contributed by atoms with Crippen molar-refractivity contribution in [2.75, 3.05) is 20.1 Å². The number of sulfonamides is 1. The van der Waals surface area contributed by atoms with E-state index in [1.165, 1.54) is 16.4 Å². The number of hydrogen-bond donors (Lipinski definition) is 1. The quantitative estimate of drug-likeness (QED) is 0.802. The maximum Gasteiger partial charge on any atom is 0.245 e. The number of benzene rings is 1. The molecule has 0 fully saturated rings. The highest BCUT2D eigenvalue weighted by atomic mass is 32.2. The molecule has 20 heavy (non-hydrogen) atoms. The summed E-state index contributed by atoms with van der Waals surface area (Å²) in [4.78, 5) is -0.229. The van der Waals surface area contributed by atoms with Gasteiger partial charge < -0.3 is 5.32 Å². The molecule has 6 heteroatoms. The van der Waals surface area contributed by atoms with E-state index in [2.05, 4.69) is 5.32 Å². The molecule has 0 spiro atoms. The van der Waals surface area contributed by atoms with Crippen molar-refractivity contribution in [3.8, 4) is 0 Å². The number of nitrogens with one attached hydrogen (secondary N) is 1. The standard InChI is InChI=1S/C14H23FN2O2S/c1-4-8-17(9-5-2)20(18,19)14-10-12(11-16-3)6-7-13(14)15/h6-7,10,16H,4-5,8-9,11H2,1-3H3. The van der Waals surface area contributed by atoms with E-state index in [1.807, 2.05) is 13.8 Å². The Morgan fingerprint density at radius 2 is 1.80 bits per heavy atom. The topological polar surface area (TPSA) is 49.4 Å². The number of halogens is 1. The van der Waals surface area contributed by atoms with Crippen LogP contribution in [0.3, 0.4) is 0 Å². The summed E-state index contributed by atoms with van der Waals surface area (Å²) < 4.78 is 40.4. The Balaban J connectivity index is 3.21. The summed E-state index contributed by atoms with van der Waals surface area (Å²) in [5.41, 5.74) is 0.750. The zero-order valence-corrected chi connectivity index (χ0v) is 13.1. The highest BCUT2D eigenvalue weighted by Crippen LogP contribution is 2.21. The Morgan fingerprint density at radius 3 is 2.30 bits per heavy atom. The molecule has 114 valence electrons. The molecule has 0 heterocycles. The van der Waals surface area contributed by atoms with Crippen molar-refractivity contribution < 1.29 is 12.8 Å². The van der Waals surface area contributed by atoms with Crippen molar-refractivity contribution in [3.05, 3.63) is 29.6 Å². The summed E-state index contributed by atoms with van der Waals surface area (Å²) in [7, 11) is -2.00. The maximum absolute atomic E-state index is 13.9. The van der Waals surface area contributed by atoms with Crippen molar-refractivity contribution in [2.45, 2.75) is 38.1 Å². The van der Waals surface area contributed by atoms with Crippen LogP contribution in [0.2, 0.25) is 0 Å². The first-order chi connectivity index (χ1) is 9.47. The summed E-state index contributed by atoms with van der Waals surface area (Å²) >= 11 is 0. The van der Waals surface area contributed by atoms with Gasteiger partial charge in [-0.25, -0.2) is 12.8 Å². The highest BCUT2D eigenvalue weighted by Gasteiger charge is 2.26. The van der Waals surface area contributed by atoms with Gasteiger partial charge in [-0.3, -0.25) is 0 Å². The van der Waals surface area contributed by atoms with E-state index in [9.17, 15) is 12.8 Å². The van der Waals surface area contributed by atoms with Crippen molar-refractivity contribution in [2.24, 2.45) is 0 Å². The Kier molecular flexibility index (Phi) is 6.58. The molecule has 0 aromatic heterocycles. The van der Waals surface area contributed by atoms with E-state index in [0.29, 0.717) is 32.5 Å². The molecule has 0 saturated carbocycles. The lowest BCUT2D eigenvalue weighted by molar-refractivity contribution is 0.406. The Bertz CT molecular complexity index is 526. The molecule has 1 rings (SSSR count). The van der Waals surface area contributed by atoms with Crippen LogP contribution in [0.5, 0.6) is 0 Å². The molecule has 0 radical (unpaired) electrons. The smallest absolute Gasteiger partial charge is 0.245 e. The van der Waals surface area contributed by atoms with Crippen LogP contribution in [0.15, 0.2) is 23.1 Å². The van der Waals surface area contributed by atoms with Crippen LogP contribution in [-0.2, 0) is 16.6 Å². The van der Waals surface area contributed by atoms with Gasteiger partial charge >= 0.3 is 0 Å². The normalized spacial score (nSPS) is 12.1. The van der Waals surface area contributed by atoms with Gasteiger partial charge in [0.15, 0.2) is 0 Å². The van der Waals surface area contributed by atoms with Gasteiger partial charge in [0.1, 0.15) is 10.7 Å².